The Labute approximate surface area is 149 Å². The predicted molar refractivity (Wildman–Crippen MR) is 99.3 cm³/mol. The van der Waals surface area contributed by atoms with Crippen molar-refractivity contribution >= 4 is 28.5 Å². The van der Waals surface area contributed by atoms with Gasteiger partial charge in [0, 0.05) is 35.5 Å². The number of hydrogen-bond donors (Lipinski definition) is 4. The summed E-state index contributed by atoms with van der Waals surface area (Å²) in [4.78, 5) is 16.3. The van der Waals surface area contributed by atoms with Gasteiger partial charge in [0.15, 0.2) is 5.82 Å². The summed E-state index contributed by atoms with van der Waals surface area (Å²) >= 11 is 0. The van der Waals surface area contributed by atoms with Crippen molar-refractivity contribution in [3.63, 3.8) is 0 Å². The molecule has 8 heteroatoms. The molecule has 0 unspecified atom stereocenters. The van der Waals surface area contributed by atoms with Crippen LogP contribution in [0.5, 0.6) is 0 Å². The fourth-order valence-electron chi connectivity index (χ4n) is 2.91. The molecule has 0 radical (unpaired) electrons. The molecule has 26 heavy (non-hydrogen) atoms. The van der Waals surface area contributed by atoms with Crippen molar-refractivity contribution in [2.75, 3.05) is 10.6 Å². The molecule has 4 heterocycles. The Bertz CT molecular complexity index is 1050. The minimum absolute atomic E-state index is 0.545. The average Bonchev–Trinajstić information content (AvgIpc) is 3.23. The van der Waals surface area contributed by atoms with E-state index in [2.05, 4.69) is 40.8 Å². The van der Waals surface area contributed by atoms with Crippen molar-refractivity contribution in [2.45, 2.75) is 25.3 Å². The molecule has 5 rings (SSSR count). The predicted octanol–water partition coefficient (Wildman–Crippen LogP) is 3.31. The van der Waals surface area contributed by atoms with Crippen LogP contribution in [0.3, 0.4) is 0 Å². The first-order chi connectivity index (χ1) is 12.8. The summed E-state index contributed by atoms with van der Waals surface area (Å²) in [5.74, 6) is 2.66. The Hall–Kier alpha value is -3.42. The molecular formula is C18H18N8. The lowest BCUT2D eigenvalue weighted by atomic mass is 10.2. The average molecular weight is 346 g/mol. The van der Waals surface area contributed by atoms with Crippen LogP contribution in [0.25, 0.3) is 10.9 Å². The SMILES string of the molecule is c1cc(Nc2cc(C3CC3)[nH]n2)nc(NCc2cc3cc[nH]c3cn2)n1. The monoisotopic (exact) mass is 346 g/mol. The molecule has 130 valence electrons. The molecule has 4 N–H and O–H groups in total. The summed E-state index contributed by atoms with van der Waals surface area (Å²) in [7, 11) is 0. The summed E-state index contributed by atoms with van der Waals surface area (Å²) in [6.45, 7) is 0.554. The van der Waals surface area contributed by atoms with Crippen LogP contribution in [0.15, 0.2) is 42.9 Å². The van der Waals surface area contributed by atoms with Gasteiger partial charge in [0.2, 0.25) is 5.95 Å². The highest BCUT2D eigenvalue weighted by atomic mass is 15.2. The van der Waals surface area contributed by atoms with Crippen LogP contribution in [-0.2, 0) is 6.54 Å². The van der Waals surface area contributed by atoms with Crippen molar-refractivity contribution in [1.29, 1.82) is 0 Å². The van der Waals surface area contributed by atoms with Crippen molar-refractivity contribution in [3.05, 3.63) is 54.2 Å². The molecule has 1 fully saturated rings. The van der Waals surface area contributed by atoms with Gasteiger partial charge in [-0.2, -0.15) is 10.1 Å². The number of aromatic nitrogens is 6. The van der Waals surface area contributed by atoms with E-state index in [1.165, 1.54) is 18.5 Å². The van der Waals surface area contributed by atoms with E-state index in [4.69, 9.17) is 0 Å². The summed E-state index contributed by atoms with van der Waals surface area (Å²) < 4.78 is 0. The van der Waals surface area contributed by atoms with Crippen molar-refractivity contribution in [1.82, 2.24) is 30.1 Å². The lowest BCUT2D eigenvalue weighted by molar-refractivity contribution is 0.965. The lowest BCUT2D eigenvalue weighted by Crippen LogP contribution is -2.06. The maximum absolute atomic E-state index is 4.48. The van der Waals surface area contributed by atoms with Crippen molar-refractivity contribution in [3.8, 4) is 0 Å². The number of pyridine rings is 1. The van der Waals surface area contributed by atoms with E-state index in [0.29, 0.717) is 24.2 Å². The zero-order chi connectivity index (χ0) is 17.3. The maximum atomic E-state index is 4.48. The number of aromatic amines is 2. The molecule has 0 atom stereocenters. The Morgan fingerprint density at radius 3 is 3.00 bits per heavy atom. The third-order valence-corrected chi connectivity index (χ3v) is 4.45. The van der Waals surface area contributed by atoms with E-state index in [1.54, 1.807) is 6.20 Å². The van der Waals surface area contributed by atoms with Gasteiger partial charge < -0.3 is 15.6 Å². The summed E-state index contributed by atoms with van der Waals surface area (Å²) in [5.41, 5.74) is 3.15. The van der Waals surface area contributed by atoms with Crippen LogP contribution in [0, 0.1) is 0 Å². The fraction of sp³-hybridized carbons (Fsp3) is 0.222. The number of nitrogens with one attached hydrogen (secondary N) is 4. The fourth-order valence-corrected chi connectivity index (χ4v) is 2.91. The highest BCUT2D eigenvalue weighted by Crippen LogP contribution is 2.39. The quantitative estimate of drug-likeness (QED) is 0.427. The molecule has 0 spiro atoms. The molecule has 0 aliphatic heterocycles. The topological polar surface area (TPSA) is 107 Å². The molecule has 4 aromatic rings. The second kappa shape index (κ2) is 6.14. The van der Waals surface area contributed by atoms with Gasteiger partial charge in [0.25, 0.3) is 0 Å². The van der Waals surface area contributed by atoms with Crippen LogP contribution < -0.4 is 10.6 Å². The zero-order valence-electron chi connectivity index (χ0n) is 14.0. The highest BCUT2D eigenvalue weighted by molar-refractivity contribution is 5.78. The number of rotatable bonds is 6. The van der Waals surface area contributed by atoms with Gasteiger partial charge in [-0.05, 0) is 31.0 Å². The largest absolute Gasteiger partial charge is 0.360 e. The number of hydrogen-bond acceptors (Lipinski definition) is 6. The molecule has 0 amide bonds. The van der Waals surface area contributed by atoms with Crippen LogP contribution in [0.4, 0.5) is 17.6 Å². The standard InChI is InChI=1S/C18H18N8/c1-2-11(1)14-8-17(26-25-14)23-16-4-6-20-18(24-16)22-9-13-7-12-3-5-19-15(12)10-21-13/h3-8,10-11,19H,1-2,9H2,(H3,20,22,23,24,25,26). The minimum Gasteiger partial charge on any atom is -0.360 e. The number of anilines is 3. The van der Waals surface area contributed by atoms with Gasteiger partial charge in [-0.15, -0.1) is 0 Å². The molecule has 1 aliphatic rings. The number of nitrogens with zero attached hydrogens (tertiary/aromatic N) is 4. The molecule has 0 aromatic carbocycles. The van der Waals surface area contributed by atoms with E-state index in [1.807, 2.05) is 36.7 Å². The third-order valence-electron chi connectivity index (χ3n) is 4.45. The Morgan fingerprint density at radius 1 is 1.12 bits per heavy atom. The van der Waals surface area contributed by atoms with E-state index >= 15 is 0 Å². The molecule has 4 aromatic heterocycles. The summed E-state index contributed by atoms with van der Waals surface area (Å²) in [5, 5.41) is 14.9. The zero-order valence-corrected chi connectivity index (χ0v) is 14.0. The Morgan fingerprint density at radius 2 is 2.08 bits per heavy atom. The van der Waals surface area contributed by atoms with Crippen molar-refractivity contribution in [2.24, 2.45) is 0 Å². The smallest absolute Gasteiger partial charge is 0.224 e. The van der Waals surface area contributed by atoms with Crippen LogP contribution >= 0.6 is 0 Å². The first-order valence-corrected chi connectivity index (χ1v) is 8.65. The van der Waals surface area contributed by atoms with E-state index in [0.717, 1.165) is 22.4 Å². The van der Waals surface area contributed by atoms with Gasteiger partial charge in [-0.1, -0.05) is 0 Å². The first-order valence-electron chi connectivity index (χ1n) is 8.65. The molecular weight excluding hydrogens is 328 g/mol. The second-order valence-corrected chi connectivity index (χ2v) is 6.47. The maximum Gasteiger partial charge on any atom is 0.224 e. The molecule has 1 aliphatic carbocycles. The van der Waals surface area contributed by atoms with Gasteiger partial charge >= 0.3 is 0 Å². The van der Waals surface area contributed by atoms with E-state index < -0.39 is 0 Å². The molecule has 0 saturated heterocycles. The summed E-state index contributed by atoms with van der Waals surface area (Å²) in [6.07, 6.45) is 7.94. The number of fused-ring (bicyclic) bond motifs is 1. The first kappa shape index (κ1) is 14.9. The second-order valence-electron chi connectivity index (χ2n) is 6.47. The Kier molecular flexibility index (Phi) is 3.52. The van der Waals surface area contributed by atoms with Crippen LogP contribution in [-0.4, -0.2) is 30.1 Å². The van der Waals surface area contributed by atoms with Gasteiger partial charge in [0.1, 0.15) is 5.82 Å². The molecule has 8 nitrogen and oxygen atoms in total. The number of H-pyrrole nitrogens is 2. The summed E-state index contributed by atoms with van der Waals surface area (Å²) in [6, 6.07) is 7.94. The Balaban J connectivity index is 1.26. The van der Waals surface area contributed by atoms with Crippen molar-refractivity contribution < 1.29 is 0 Å². The van der Waals surface area contributed by atoms with Crippen LogP contribution in [0.2, 0.25) is 0 Å². The van der Waals surface area contributed by atoms with E-state index in [-0.39, 0.29) is 0 Å². The normalized spacial score (nSPS) is 13.8. The van der Waals surface area contributed by atoms with Gasteiger partial charge in [-0.25, -0.2) is 4.98 Å². The minimum atomic E-state index is 0.545. The highest BCUT2D eigenvalue weighted by Gasteiger charge is 2.25. The van der Waals surface area contributed by atoms with E-state index in [9.17, 15) is 0 Å². The molecule has 0 bridgehead atoms. The van der Waals surface area contributed by atoms with Gasteiger partial charge in [0.05, 0.1) is 24.0 Å². The lowest BCUT2D eigenvalue weighted by Gasteiger charge is -2.07. The molecule has 1 saturated carbocycles. The van der Waals surface area contributed by atoms with Crippen LogP contribution in [0.1, 0.15) is 30.1 Å². The third kappa shape index (κ3) is 3.08. The van der Waals surface area contributed by atoms with Gasteiger partial charge in [-0.3, -0.25) is 10.1 Å².